The van der Waals surface area contributed by atoms with Gasteiger partial charge in [0, 0.05) is 25.3 Å². The van der Waals surface area contributed by atoms with Gasteiger partial charge in [0.1, 0.15) is 0 Å². The van der Waals surface area contributed by atoms with Crippen LogP contribution < -0.4 is 16.0 Å². The van der Waals surface area contributed by atoms with Gasteiger partial charge in [0.25, 0.3) is 0 Å². The fraction of sp³-hybridized carbons (Fsp3) is 0.350. The third kappa shape index (κ3) is 3.02. The number of hydrogen-bond donors (Lipinski definition) is 2. The van der Waals surface area contributed by atoms with Crippen LogP contribution in [0.5, 0.6) is 0 Å². The van der Waals surface area contributed by atoms with Crippen LogP contribution >= 0.6 is 0 Å². The van der Waals surface area contributed by atoms with Gasteiger partial charge in [0.2, 0.25) is 5.91 Å². The summed E-state index contributed by atoms with van der Waals surface area (Å²) in [5.74, 6) is -0.0275. The van der Waals surface area contributed by atoms with Crippen molar-refractivity contribution in [1.82, 2.24) is 5.32 Å². The van der Waals surface area contributed by atoms with E-state index >= 15 is 0 Å². The number of para-hydroxylation sites is 1. The third-order valence-electron chi connectivity index (χ3n) is 5.07. The van der Waals surface area contributed by atoms with Crippen LogP contribution in [0.25, 0.3) is 0 Å². The van der Waals surface area contributed by atoms with Crippen LogP contribution in [0.1, 0.15) is 29.5 Å². The average Bonchev–Trinajstić information content (AvgIpc) is 3.24. The summed E-state index contributed by atoms with van der Waals surface area (Å²) in [4.78, 5) is 14.3. The minimum atomic E-state index is -0.594. The Balaban J connectivity index is 1.35. The van der Waals surface area contributed by atoms with Gasteiger partial charge in [-0.15, -0.1) is 0 Å². The quantitative estimate of drug-likeness (QED) is 0.889. The first kappa shape index (κ1) is 15.2. The SMILES string of the molecule is NC1(C(=O)NCc2ccc(CN3CCc4ccccc43)cc2)CC1. The van der Waals surface area contributed by atoms with E-state index in [0.717, 1.165) is 37.9 Å². The molecule has 3 N–H and O–H groups in total. The van der Waals surface area contributed by atoms with Crippen LogP contribution in [0.3, 0.4) is 0 Å². The second-order valence-corrected chi connectivity index (χ2v) is 6.96. The molecule has 0 bridgehead atoms. The highest BCUT2D eigenvalue weighted by atomic mass is 16.2. The second-order valence-electron chi connectivity index (χ2n) is 6.96. The van der Waals surface area contributed by atoms with E-state index in [1.54, 1.807) is 0 Å². The summed E-state index contributed by atoms with van der Waals surface area (Å²) in [5, 5.41) is 2.93. The molecule has 0 saturated heterocycles. The number of benzene rings is 2. The van der Waals surface area contributed by atoms with Crippen LogP contribution in [-0.2, 0) is 24.3 Å². The zero-order valence-electron chi connectivity index (χ0n) is 13.8. The number of amides is 1. The maximum absolute atomic E-state index is 11.9. The number of nitrogens with one attached hydrogen (secondary N) is 1. The molecule has 2 aromatic carbocycles. The molecular weight excluding hydrogens is 298 g/mol. The van der Waals surface area contributed by atoms with E-state index in [9.17, 15) is 4.79 Å². The first-order valence-electron chi connectivity index (χ1n) is 8.62. The maximum atomic E-state index is 11.9. The van der Waals surface area contributed by atoms with E-state index in [2.05, 4.69) is 58.7 Å². The van der Waals surface area contributed by atoms with Gasteiger partial charge < -0.3 is 16.0 Å². The van der Waals surface area contributed by atoms with Gasteiger partial charge in [-0.25, -0.2) is 0 Å². The lowest BCUT2D eigenvalue weighted by atomic mass is 10.1. The topological polar surface area (TPSA) is 58.4 Å². The Morgan fingerprint density at radius 2 is 1.79 bits per heavy atom. The Bertz CT molecular complexity index is 750. The van der Waals surface area contributed by atoms with Crippen molar-refractivity contribution in [2.24, 2.45) is 5.73 Å². The number of nitrogens with zero attached hydrogens (tertiary/aromatic N) is 1. The molecule has 0 unspecified atom stereocenters. The Hall–Kier alpha value is -2.33. The zero-order chi connectivity index (χ0) is 16.6. The molecule has 0 spiro atoms. The molecule has 4 rings (SSSR count). The Labute approximate surface area is 142 Å². The predicted molar refractivity (Wildman–Crippen MR) is 95.6 cm³/mol. The van der Waals surface area contributed by atoms with E-state index in [4.69, 9.17) is 5.73 Å². The van der Waals surface area contributed by atoms with Crippen molar-refractivity contribution in [2.75, 3.05) is 11.4 Å². The summed E-state index contributed by atoms with van der Waals surface area (Å²) in [7, 11) is 0. The molecule has 1 heterocycles. The molecule has 1 aliphatic heterocycles. The van der Waals surface area contributed by atoms with E-state index in [0.29, 0.717) is 6.54 Å². The van der Waals surface area contributed by atoms with Crippen molar-refractivity contribution in [3.8, 4) is 0 Å². The van der Waals surface area contributed by atoms with E-state index in [-0.39, 0.29) is 5.91 Å². The van der Waals surface area contributed by atoms with E-state index in [1.165, 1.54) is 16.8 Å². The van der Waals surface area contributed by atoms with Crippen LogP contribution in [0.4, 0.5) is 5.69 Å². The normalized spacial score (nSPS) is 17.5. The number of fused-ring (bicyclic) bond motifs is 1. The smallest absolute Gasteiger partial charge is 0.240 e. The fourth-order valence-electron chi connectivity index (χ4n) is 3.27. The maximum Gasteiger partial charge on any atom is 0.240 e. The minimum Gasteiger partial charge on any atom is -0.367 e. The molecular formula is C20H23N3O. The zero-order valence-corrected chi connectivity index (χ0v) is 13.8. The molecule has 2 aliphatic rings. The Morgan fingerprint density at radius 1 is 1.08 bits per heavy atom. The molecule has 1 fully saturated rings. The molecule has 0 atom stereocenters. The molecule has 1 aliphatic carbocycles. The molecule has 24 heavy (non-hydrogen) atoms. The molecule has 1 amide bonds. The predicted octanol–water partition coefficient (Wildman–Crippen LogP) is 2.36. The average molecular weight is 321 g/mol. The molecule has 4 nitrogen and oxygen atoms in total. The summed E-state index contributed by atoms with van der Waals surface area (Å²) in [6.45, 7) is 2.55. The lowest BCUT2D eigenvalue weighted by Crippen LogP contribution is -2.42. The number of hydrogen-bond acceptors (Lipinski definition) is 3. The van der Waals surface area contributed by atoms with Crippen molar-refractivity contribution in [1.29, 1.82) is 0 Å². The van der Waals surface area contributed by atoms with Crippen molar-refractivity contribution in [3.05, 3.63) is 65.2 Å². The summed E-state index contributed by atoms with van der Waals surface area (Å²) in [6, 6.07) is 17.1. The van der Waals surface area contributed by atoms with Crippen molar-refractivity contribution in [3.63, 3.8) is 0 Å². The second kappa shape index (κ2) is 5.95. The van der Waals surface area contributed by atoms with Crippen LogP contribution in [0.15, 0.2) is 48.5 Å². The first-order valence-corrected chi connectivity index (χ1v) is 8.62. The Kier molecular flexibility index (Phi) is 3.77. The van der Waals surface area contributed by atoms with Gasteiger partial charge in [-0.2, -0.15) is 0 Å². The number of carbonyl (C=O) groups excluding carboxylic acids is 1. The highest BCUT2D eigenvalue weighted by Gasteiger charge is 2.45. The molecule has 0 radical (unpaired) electrons. The highest BCUT2D eigenvalue weighted by Crippen LogP contribution is 2.32. The number of anilines is 1. The third-order valence-corrected chi connectivity index (χ3v) is 5.07. The summed E-state index contributed by atoms with van der Waals surface area (Å²) in [5.41, 5.74) is 10.5. The molecule has 4 heteroatoms. The lowest BCUT2D eigenvalue weighted by Gasteiger charge is -2.19. The van der Waals surface area contributed by atoms with E-state index < -0.39 is 5.54 Å². The van der Waals surface area contributed by atoms with Crippen molar-refractivity contribution in [2.45, 2.75) is 37.9 Å². The minimum absolute atomic E-state index is 0.0275. The number of rotatable bonds is 5. The lowest BCUT2D eigenvalue weighted by molar-refractivity contribution is -0.123. The van der Waals surface area contributed by atoms with Gasteiger partial charge in [-0.05, 0) is 42.0 Å². The van der Waals surface area contributed by atoms with E-state index in [1.807, 2.05) is 0 Å². The van der Waals surface area contributed by atoms with Crippen LogP contribution in [-0.4, -0.2) is 18.0 Å². The summed E-state index contributed by atoms with van der Waals surface area (Å²) < 4.78 is 0. The highest BCUT2D eigenvalue weighted by molar-refractivity contribution is 5.88. The fourth-order valence-corrected chi connectivity index (χ4v) is 3.27. The summed E-state index contributed by atoms with van der Waals surface area (Å²) >= 11 is 0. The van der Waals surface area contributed by atoms with Gasteiger partial charge in [0.05, 0.1) is 5.54 Å². The first-order chi connectivity index (χ1) is 11.6. The van der Waals surface area contributed by atoms with Crippen molar-refractivity contribution < 1.29 is 4.79 Å². The monoisotopic (exact) mass is 321 g/mol. The van der Waals surface area contributed by atoms with Gasteiger partial charge in [0.15, 0.2) is 0 Å². The Morgan fingerprint density at radius 3 is 2.54 bits per heavy atom. The van der Waals surface area contributed by atoms with Crippen LogP contribution in [0, 0.1) is 0 Å². The number of nitrogens with two attached hydrogens (primary N) is 1. The standard InChI is InChI=1S/C20H23N3O/c21-20(10-11-20)19(24)22-13-15-5-7-16(8-6-15)14-23-12-9-17-3-1-2-4-18(17)23/h1-8H,9-14,21H2,(H,22,24). The van der Waals surface area contributed by atoms with Gasteiger partial charge in [-0.3, -0.25) is 4.79 Å². The van der Waals surface area contributed by atoms with Crippen LogP contribution in [0.2, 0.25) is 0 Å². The largest absolute Gasteiger partial charge is 0.367 e. The van der Waals surface area contributed by atoms with Gasteiger partial charge >= 0.3 is 0 Å². The molecule has 2 aromatic rings. The molecule has 0 aromatic heterocycles. The van der Waals surface area contributed by atoms with Crippen molar-refractivity contribution >= 4 is 11.6 Å². The molecule has 124 valence electrons. The summed E-state index contributed by atoms with van der Waals surface area (Å²) in [6.07, 6.45) is 2.73. The van der Waals surface area contributed by atoms with Gasteiger partial charge in [-0.1, -0.05) is 42.5 Å². The number of carbonyl (C=O) groups is 1. The molecule has 1 saturated carbocycles.